The number of carbonyl (C=O) groups is 1. The fraction of sp³-hybridized carbons (Fsp3) is 0.562. The number of nitrogens with zero attached hydrogens (tertiary/aromatic N) is 2. The van der Waals surface area contributed by atoms with Crippen LogP contribution < -0.4 is 0 Å². The van der Waals surface area contributed by atoms with E-state index in [0.29, 0.717) is 26.2 Å². The molecule has 1 aromatic rings. The van der Waals surface area contributed by atoms with Gasteiger partial charge in [0.05, 0.1) is 12.3 Å². The van der Waals surface area contributed by atoms with Gasteiger partial charge in [-0.3, -0.25) is 9.69 Å². The first-order chi connectivity index (χ1) is 11.0. The number of hydrogen-bond acceptors (Lipinski definition) is 5. The van der Waals surface area contributed by atoms with Crippen molar-refractivity contribution in [2.24, 2.45) is 0 Å². The summed E-state index contributed by atoms with van der Waals surface area (Å²) in [5.74, 6) is -0.160. The Kier molecular flexibility index (Phi) is 6.56. The van der Waals surface area contributed by atoms with Crippen molar-refractivity contribution in [2.45, 2.75) is 20.0 Å². The van der Waals surface area contributed by atoms with E-state index in [1.165, 1.54) is 4.31 Å². The topological polar surface area (TPSA) is 66.9 Å². The highest BCUT2D eigenvalue weighted by atomic mass is 32.2. The van der Waals surface area contributed by atoms with Crippen molar-refractivity contribution in [3.63, 3.8) is 0 Å². The number of hydrogen-bond donors (Lipinski definition) is 0. The van der Waals surface area contributed by atoms with Gasteiger partial charge in [-0.2, -0.15) is 0 Å². The number of ether oxygens (including phenoxy) is 1. The average Bonchev–Trinajstić information content (AvgIpc) is 2.80. The van der Waals surface area contributed by atoms with Crippen molar-refractivity contribution in [2.75, 3.05) is 38.5 Å². The number of carbonyl (C=O) groups excluding carboxylic acids is 1. The van der Waals surface area contributed by atoms with E-state index in [-0.39, 0.29) is 24.9 Å². The second-order valence-corrected chi connectivity index (χ2v) is 7.83. The highest BCUT2D eigenvalue weighted by Crippen LogP contribution is 2.09. The Morgan fingerprint density at radius 2 is 1.87 bits per heavy atom. The number of benzene rings is 1. The zero-order valence-corrected chi connectivity index (χ0v) is 14.3. The van der Waals surface area contributed by atoms with Gasteiger partial charge in [0.15, 0.2) is 0 Å². The standard InChI is InChI=1S/C16H24N2O4S/c1-2-23(20,21)18-10-6-9-17(11-12-18)13-16(19)22-14-15-7-4-3-5-8-15/h3-5,7-8H,2,6,9-14H2,1H3. The highest BCUT2D eigenvalue weighted by molar-refractivity contribution is 7.89. The monoisotopic (exact) mass is 340 g/mol. The van der Waals surface area contributed by atoms with Crippen LogP contribution >= 0.6 is 0 Å². The molecule has 6 nitrogen and oxygen atoms in total. The van der Waals surface area contributed by atoms with E-state index in [4.69, 9.17) is 4.74 Å². The maximum atomic E-state index is 11.9. The highest BCUT2D eigenvalue weighted by Gasteiger charge is 2.24. The Labute approximate surface area is 138 Å². The summed E-state index contributed by atoms with van der Waals surface area (Å²) in [5.41, 5.74) is 0.955. The molecule has 0 atom stereocenters. The first-order valence-electron chi connectivity index (χ1n) is 7.91. The molecule has 0 aromatic heterocycles. The van der Waals surface area contributed by atoms with E-state index >= 15 is 0 Å². The summed E-state index contributed by atoms with van der Waals surface area (Å²) < 4.78 is 30.6. The lowest BCUT2D eigenvalue weighted by Gasteiger charge is -2.20. The minimum absolute atomic E-state index is 0.117. The second kappa shape index (κ2) is 8.42. The van der Waals surface area contributed by atoms with Crippen LogP contribution in [0.4, 0.5) is 0 Å². The van der Waals surface area contributed by atoms with Crippen molar-refractivity contribution >= 4 is 16.0 Å². The smallest absolute Gasteiger partial charge is 0.320 e. The Morgan fingerprint density at radius 1 is 1.13 bits per heavy atom. The SMILES string of the molecule is CCS(=O)(=O)N1CCCN(CC(=O)OCc2ccccc2)CC1. The molecule has 0 bridgehead atoms. The van der Waals surface area contributed by atoms with E-state index in [1.54, 1.807) is 6.92 Å². The normalized spacial score (nSPS) is 17.6. The molecule has 7 heteroatoms. The quantitative estimate of drug-likeness (QED) is 0.725. The van der Waals surface area contributed by atoms with Gasteiger partial charge in [0.25, 0.3) is 0 Å². The van der Waals surface area contributed by atoms with Gasteiger partial charge >= 0.3 is 5.97 Å². The summed E-state index contributed by atoms with van der Waals surface area (Å²) in [6, 6.07) is 9.54. The predicted molar refractivity (Wildman–Crippen MR) is 88.3 cm³/mol. The van der Waals surface area contributed by atoms with Gasteiger partial charge in [0.1, 0.15) is 6.61 Å². The average molecular weight is 340 g/mol. The molecule has 0 aliphatic carbocycles. The summed E-state index contributed by atoms with van der Waals surface area (Å²) in [4.78, 5) is 13.9. The molecule has 1 aromatic carbocycles. The van der Waals surface area contributed by atoms with Crippen LogP contribution in [0.15, 0.2) is 30.3 Å². The third kappa shape index (κ3) is 5.60. The van der Waals surface area contributed by atoms with Gasteiger partial charge in [-0.1, -0.05) is 30.3 Å². The molecule has 0 radical (unpaired) electrons. The Balaban J connectivity index is 1.78. The molecule has 2 rings (SSSR count). The summed E-state index contributed by atoms with van der Waals surface area (Å²) in [6.45, 7) is 4.33. The molecule has 0 amide bonds. The van der Waals surface area contributed by atoms with Crippen LogP contribution in [0.25, 0.3) is 0 Å². The van der Waals surface area contributed by atoms with Gasteiger partial charge < -0.3 is 4.74 Å². The van der Waals surface area contributed by atoms with Crippen LogP contribution in [0.5, 0.6) is 0 Å². The first kappa shape index (κ1) is 17.9. The molecule has 0 saturated carbocycles. The van der Waals surface area contributed by atoms with E-state index in [2.05, 4.69) is 0 Å². The first-order valence-corrected chi connectivity index (χ1v) is 9.52. The zero-order valence-electron chi connectivity index (χ0n) is 13.5. The molecular weight excluding hydrogens is 316 g/mol. The minimum atomic E-state index is -3.15. The number of esters is 1. The van der Waals surface area contributed by atoms with Crippen LogP contribution in [0.3, 0.4) is 0 Å². The fourth-order valence-electron chi connectivity index (χ4n) is 2.53. The van der Waals surface area contributed by atoms with Crippen molar-refractivity contribution in [3.05, 3.63) is 35.9 Å². The van der Waals surface area contributed by atoms with Crippen LogP contribution in [-0.4, -0.2) is 62.1 Å². The van der Waals surface area contributed by atoms with Gasteiger partial charge in [-0.25, -0.2) is 12.7 Å². The van der Waals surface area contributed by atoms with E-state index < -0.39 is 10.0 Å². The van der Waals surface area contributed by atoms with Crippen molar-refractivity contribution in [1.82, 2.24) is 9.21 Å². The minimum Gasteiger partial charge on any atom is -0.460 e. The van der Waals surface area contributed by atoms with E-state index in [9.17, 15) is 13.2 Å². The molecular formula is C16H24N2O4S. The lowest BCUT2D eigenvalue weighted by molar-refractivity contribution is -0.146. The van der Waals surface area contributed by atoms with Crippen LogP contribution in [0, 0.1) is 0 Å². The summed E-state index contributed by atoms with van der Waals surface area (Å²) in [5, 5.41) is 0. The lowest BCUT2D eigenvalue weighted by Crippen LogP contribution is -2.37. The lowest BCUT2D eigenvalue weighted by atomic mass is 10.2. The van der Waals surface area contributed by atoms with E-state index in [1.807, 2.05) is 35.2 Å². The molecule has 0 N–H and O–H groups in total. The van der Waals surface area contributed by atoms with Gasteiger partial charge in [-0.05, 0) is 18.9 Å². The van der Waals surface area contributed by atoms with Gasteiger partial charge in [-0.15, -0.1) is 0 Å². The molecule has 23 heavy (non-hydrogen) atoms. The molecule has 0 spiro atoms. The maximum Gasteiger partial charge on any atom is 0.320 e. The van der Waals surface area contributed by atoms with Crippen LogP contribution in [0.2, 0.25) is 0 Å². The number of sulfonamides is 1. The molecule has 1 saturated heterocycles. The zero-order chi connectivity index (χ0) is 16.7. The molecule has 1 fully saturated rings. The Bertz CT molecular complexity index is 604. The van der Waals surface area contributed by atoms with Crippen molar-refractivity contribution in [3.8, 4) is 0 Å². The van der Waals surface area contributed by atoms with Crippen LogP contribution in [0.1, 0.15) is 18.9 Å². The third-order valence-corrected chi connectivity index (χ3v) is 5.78. The Morgan fingerprint density at radius 3 is 2.57 bits per heavy atom. The van der Waals surface area contributed by atoms with Crippen molar-refractivity contribution in [1.29, 1.82) is 0 Å². The summed E-state index contributed by atoms with van der Waals surface area (Å²) in [6.07, 6.45) is 0.727. The summed E-state index contributed by atoms with van der Waals surface area (Å²) >= 11 is 0. The molecule has 0 unspecified atom stereocenters. The maximum absolute atomic E-state index is 11.9. The molecule has 1 aliphatic heterocycles. The third-order valence-electron chi connectivity index (χ3n) is 3.90. The Hall–Kier alpha value is -1.44. The largest absolute Gasteiger partial charge is 0.460 e. The second-order valence-electron chi connectivity index (χ2n) is 5.58. The summed E-state index contributed by atoms with van der Waals surface area (Å²) in [7, 11) is -3.15. The predicted octanol–water partition coefficient (Wildman–Crippen LogP) is 1.09. The molecule has 1 aliphatic rings. The van der Waals surface area contributed by atoms with Gasteiger partial charge in [0.2, 0.25) is 10.0 Å². The van der Waals surface area contributed by atoms with Crippen LogP contribution in [-0.2, 0) is 26.2 Å². The van der Waals surface area contributed by atoms with Gasteiger partial charge in [0, 0.05) is 26.2 Å². The van der Waals surface area contributed by atoms with Crippen molar-refractivity contribution < 1.29 is 17.9 Å². The number of rotatable bonds is 6. The fourth-order valence-corrected chi connectivity index (χ4v) is 3.66. The van der Waals surface area contributed by atoms with E-state index in [0.717, 1.165) is 12.0 Å². The molecule has 128 valence electrons. The molecule has 1 heterocycles.